The molecule has 6 nitrogen and oxygen atoms in total. The van der Waals surface area contributed by atoms with Crippen LogP contribution in [-0.2, 0) is 4.74 Å². The molecule has 5 N–H and O–H groups in total. The molecule has 0 heterocycles. The van der Waals surface area contributed by atoms with Crippen LogP contribution >= 0.6 is 0 Å². The molecule has 0 aliphatic carbocycles. The van der Waals surface area contributed by atoms with Crippen LogP contribution in [0.3, 0.4) is 0 Å². The van der Waals surface area contributed by atoms with Crippen molar-refractivity contribution in [2.45, 2.75) is 135 Å². The van der Waals surface area contributed by atoms with Crippen molar-refractivity contribution >= 4 is 0 Å². The van der Waals surface area contributed by atoms with Gasteiger partial charge in [-0.3, -0.25) is 0 Å². The van der Waals surface area contributed by atoms with Crippen molar-refractivity contribution in [1.29, 1.82) is 0 Å². The van der Waals surface area contributed by atoms with Crippen LogP contribution in [0.1, 0.15) is 110 Å². The van der Waals surface area contributed by atoms with Crippen molar-refractivity contribution < 1.29 is 30.3 Å². The molecule has 0 aromatic rings. The highest BCUT2D eigenvalue weighted by Crippen LogP contribution is 2.16. The Kier molecular flexibility index (Phi) is 21.4. The van der Waals surface area contributed by atoms with E-state index in [2.05, 4.69) is 13.8 Å². The van der Waals surface area contributed by atoms with Crippen molar-refractivity contribution in [3.8, 4) is 0 Å². The van der Waals surface area contributed by atoms with Gasteiger partial charge >= 0.3 is 0 Å². The lowest BCUT2D eigenvalue weighted by atomic mass is 10.0. The van der Waals surface area contributed by atoms with E-state index in [1.165, 1.54) is 70.6 Å². The van der Waals surface area contributed by atoms with Gasteiger partial charge in [-0.1, -0.05) is 104 Å². The van der Waals surface area contributed by atoms with E-state index in [0.717, 1.165) is 25.2 Å². The van der Waals surface area contributed by atoms with E-state index >= 15 is 0 Å². The maximum atomic E-state index is 9.88. The number of aliphatic hydroxyl groups excluding tert-OH is 5. The maximum Gasteiger partial charge on any atom is 0.105 e. The molecule has 0 saturated heterocycles. The summed E-state index contributed by atoms with van der Waals surface area (Å²) in [6, 6.07) is 0. The molecule has 0 aliphatic rings. The van der Waals surface area contributed by atoms with Gasteiger partial charge in [0.15, 0.2) is 0 Å². The van der Waals surface area contributed by atoms with Crippen LogP contribution in [0.2, 0.25) is 0 Å². The summed E-state index contributed by atoms with van der Waals surface area (Å²) in [6.45, 7) is 3.47. The number of aliphatic hydroxyl groups is 5. The largest absolute Gasteiger partial charge is 0.394 e. The summed E-state index contributed by atoms with van der Waals surface area (Å²) in [5.41, 5.74) is 0. The first kappa shape index (κ1) is 30.8. The first-order valence-electron chi connectivity index (χ1n) is 12.8. The number of rotatable bonds is 23. The molecule has 0 bridgehead atoms. The molecule has 0 fully saturated rings. The molecule has 6 heteroatoms. The summed E-state index contributed by atoms with van der Waals surface area (Å²) in [4.78, 5) is 0. The van der Waals surface area contributed by atoms with Crippen molar-refractivity contribution in [1.82, 2.24) is 0 Å². The molecule has 0 aromatic carbocycles. The summed E-state index contributed by atoms with van der Waals surface area (Å²) in [5, 5.41) is 46.9. The topological polar surface area (TPSA) is 110 Å². The average Bonchev–Trinajstić information content (AvgIpc) is 2.76. The standard InChI is InChI=1S/C25H52O6/c1-21(2)16-14-12-10-8-6-4-3-5-7-9-11-13-15-17-25(23(29)19-27)31-20-24(30)22(28)18-26/h21-30H,3-20H2,1-2H3/t22-,23?,24+,25?/m1/s1. The van der Waals surface area contributed by atoms with Crippen LogP contribution in [0, 0.1) is 5.92 Å². The molecule has 2 unspecified atom stereocenters. The summed E-state index contributed by atoms with van der Waals surface area (Å²) in [7, 11) is 0. The van der Waals surface area contributed by atoms with Gasteiger partial charge in [0.25, 0.3) is 0 Å². The zero-order chi connectivity index (χ0) is 23.3. The minimum Gasteiger partial charge on any atom is -0.394 e. The third-order valence-corrected chi connectivity index (χ3v) is 6.00. The van der Waals surface area contributed by atoms with Crippen molar-refractivity contribution in [2.24, 2.45) is 5.92 Å². The third-order valence-electron chi connectivity index (χ3n) is 6.00. The van der Waals surface area contributed by atoms with Gasteiger partial charge in [-0.15, -0.1) is 0 Å². The second-order valence-electron chi connectivity index (χ2n) is 9.51. The minimum absolute atomic E-state index is 0.179. The highest BCUT2D eigenvalue weighted by Gasteiger charge is 2.22. The van der Waals surface area contributed by atoms with Gasteiger partial charge in [0.05, 0.1) is 25.9 Å². The van der Waals surface area contributed by atoms with E-state index in [1.54, 1.807) is 0 Å². The van der Waals surface area contributed by atoms with Crippen LogP contribution < -0.4 is 0 Å². The number of hydrogen-bond acceptors (Lipinski definition) is 6. The summed E-state index contributed by atoms with van der Waals surface area (Å²) >= 11 is 0. The zero-order valence-corrected chi connectivity index (χ0v) is 20.3. The second kappa shape index (κ2) is 21.6. The van der Waals surface area contributed by atoms with Crippen LogP contribution in [0.15, 0.2) is 0 Å². The van der Waals surface area contributed by atoms with Gasteiger partial charge in [-0.2, -0.15) is 0 Å². The molecule has 0 rings (SSSR count). The Bertz CT molecular complexity index is 366. The predicted molar refractivity (Wildman–Crippen MR) is 126 cm³/mol. The fraction of sp³-hybridized carbons (Fsp3) is 1.00. The van der Waals surface area contributed by atoms with Gasteiger partial charge in [-0.25, -0.2) is 0 Å². The molecule has 0 amide bonds. The quantitative estimate of drug-likeness (QED) is 0.151. The Morgan fingerprint density at radius 3 is 1.29 bits per heavy atom. The third kappa shape index (κ3) is 19.0. The highest BCUT2D eigenvalue weighted by molar-refractivity contribution is 4.71. The van der Waals surface area contributed by atoms with E-state index in [9.17, 15) is 20.4 Å². The SMILES string of the molecule is CC(C)CCCCCCCCCCCCCCCC(OC[C@H](O)[C@H](O)CO)C(O)CO. The minimum atomic E-state index is -1.26. The second-order valence-corrected chi connectivity index (χ2v) is 9.51. The Morgan fingerprint density at radius 1 is 0.516 bits per heavy atom. The van der Waals surface area contributed by atoms with Crippen LogP contribution in [0.25, 0.3) is 0 Å². The lowest BCUT2D eigenvalue weighted by molar-refractivity contribution is -0.110. The molecule has 0 aromatic heterocycles. The lowest BCUT2D eigenvalue weighted by Crippen LogP contribution is -2.38. The molecule has 4 atom stereocenters. The Balaban J connectivity index is 3.58. The average molecular weight is 449 g/mol. The van der Waals surface area contributed by atoms with Crippen molar-refractivity contribution in [3.63, 3.8) is 0 Å². The summed E-state index contributed by atoms with van der Waals surface area (Å²) in [5.74, 6) is 0.841. The Labute approximate surface area is 191 Å². The first-order valence-corrected chi connectivity index (χ1v) is 12.8. The lowest BCUT2D eigenvalue weighted by Gasteiger charge is -2.24. The van der Waals surface area contributed by atoms with E-state index in [0.29, 0.717) is 6.42 Å². The molecular formula is C25H52O6. The highest BCUT2D eigenvalue weighted by atomic mass is 16.5. The fourth-order valence-corrected chi connectivity index (χ4v) is 3.80. The van der Waals surface area contributed by atoms with Crippen molar-refractivity contribution in [3.05, 3.63) is 0 Å². The molecular weight excluding hydrogens is 396 g/mol. The Hall–Kier alpha value is -0.240. The smallest absolute Gasteiger partial charge is 0.105 e. The van der Waals surface area contributed by atoms with Crippen LogP contribution in [-0.4, -0.2) is 69.8 Å². The molecule has 0 radical (unpaired) electrons. The van der Waals surface area contributed by atoms with E-state index in [1.807, 2.05) is 0 Å². The molecule has 31 heavy (non-hydrogen) atoms. The molecule has 0 aliphatic heterocycles. The van der Waals surface area contributed by atoms with Gasteiger partial charge in [-0.05, 0) is 12.3 Å². The number of hydrogen-bond donors (Lipinski definition) is 5. The van der Waals surface area contributed by atoms with Gasteiger partial charge in [0.1, 0.15) is 18.3 Å². The molecule has 188 valence electrons. The zero-order valence-electron chi connectivity index (χ0n) is 20.3. The van der Waals surface area contributed by atoms with Crippen LogP contribution in [0.5, 0.6) is 0 Å². The normalized spacial score (nSPS) is 15.9. The van der Waals surface area contributed by atoms with Crippen LogP contribution in [0.4, 0.5) is 0 Å². The number of ether oxygens (including phenoxy) is 1. The first-order chi connectivity index (χ1) is 14.9. The Morgan fingerprint density at radius 2 is 0.903 bits per heavy atom. The van der Waals surface area contributed by atoms with Gasteiger partial charge in [0, 0.05) is 0 Å². The van der Waals surface area contributed by atoms with E-state index in [-0.39, 0.29) is 6.61 Å². The van der Waals surface area contributed by atoms with Gasteiger partial charge < -0.3 is 30.3 Å². The van der Waals surface area contributed by atoms with Crippen molar-refractivity contribution in [2.75, 3.05) is 19.8 Å². The molecule has 0 spiro atoms. The maximum absolute atomic E-state index is 9.88. The van der Waals surface area contributed by atoms with E-state index < -0.39 is 37.6 Å². The predicted octanol–water partition coefficient (Wildman–Crippen LogP) is 3.95. The summed E-state index contributed by atoms with van der Waals surface area (Å²) in [6.07, 6.45) is 14.5. The van der Waals surface area contributed by atoms with Gasteiger partial charge in [0.2, 0.25) is 0 Å². The van der Waals surface area contributed by atoms with E-state index in [4.69, 9.17) is 9.84 Å². The molecule has 0 saturated carbocycles. The number of unbranched alkanes of at least 4 members (excludes halogenated alkanes) is 12. The monoisotopic (exact) mass is 448 g/mol. The fourth-order valence-electron chi connectivity index (χ4n) is 3.80. The summed E-state index contributed by atoms with van der Waals surface area (Å²) < 4.78 is 5.47.